The Balaban J connectivity index is 1.40. The van der Waals surface area contributed by atoms with Crippen LogP contribution in [-0.2, 0) is 11.3 Å². The van der Waals surface area contributed by atoms with Crippen molar-refractivity contribution in [3.63, 3.8) is 0 Å². The van der Waals surface area contributed by atoms with Crippen molar-refractivity contribution in [3.05, 3.63) is 60.0 Å². The molecule has 1 N–H and O–H groups in total. The number of hydrogen-bond donors (Lipinski definition) is 1. The number of hydrogen-bond acceptors (Lipinski definition) is 4. The third-order valence-corrected chi connectivity index (χ3v) is 5.77. The Kier molecular flexibility index (Phi) is 4.73. The summed E-state index contributed by atoms with van der Waals surface area (Å²) in [7, 11) is 0. The van der Waals surface area contributed by atoms with Crippen LogP contribution < -0.4 is 4.74 Å². The second-order valence-electron chi connectivity index (χ2n) is 9.17. The molecular formula is C25H27N3O3. The fourth-order valence-electron chi connectivity index (χ4n) is 4.36. The molecule has 6 nitrogen and oxygen atoms in total. The third kappa shape index (κ3) is 3.78. The molecule has 160 valence electrons. The Labute approximate surface area is 182 Å². The van der Waals surface area contributed by atoms with Crippen LogP contribution in [0.2, 0.25) is 0 Å². The van der Waals surface area contributed by atoms with E-state index in [1.807, 2.05) is 45.2 Å². The fraction of sp³-hybridized carbons (Fsp3) is 0.360. The second kappa shape index (κ2) is 7.45. The van der Waals surface area contributed by atoms with Gasteiger partial charge in [0, 0.05) is 12.1 Å². The van der Waals surface area contributed by atoms with E-state index in [2.05, 4.69) is 34.2 Å². The van der Waals surface area contributed by atoms with Crippen LogP contribution in [0.5, 0.6) is 5.75 Å². The van der Waals surface area contributed by atoms with Crippen molar-refractivity contribution in [1.82, 2.24) is 14.9 Å². The molecule has 1 fully saturated rings. The minimum absolute atomic E-state index is 0.0866. The molecule has 0 spiro atoms. The van der Waals surface area contributed by atoms with Gasteiger partial charge in [0.2, 0.25) is 0 Å². The minimum Gasteiger partial charge on any atom is -0.488 e. The van der Waals surface area contributed by atoms with Gasteiger partial charge in [-0.25, -0.2) is 9.78 Å². The normalized spacial score (nSPS) is 17.6. The standard InChI is InChI=1S/C25H27N3O3/c1-25(2,3)31-24(29)28-12-6-8-21(28)23-26-14-20(27-23)16-10-11-18-17(13-16)15-30-22-9-5-4-7-19(18)22/h4-5,7,9-11,13-14,21H,6,8,12,15H2,1-3H3,(H,26,27). The van der Waals surface area contributed by atoms with Gasteiger partial charge in [0.05, 0.1) is 17.9 Å². The highest BCUT2D eigenvalue weighted by Gasteiger charge is 2.34. The number of carbonyl (C=O) groups is 1. The van der Waals surface area contributed by atoms with E-state index in [-0.39, 0.29) is 12.1 Å². The number of para-hydroxylation sites is 1. The lowest BCUT2D eigenvalue weighted by atomic mass is 9.95. The highest BCUT2D eigenvalue weighted by Crippen LogP contribution is 2.39. The Bertz CT molecular complexity index is 1130. The molecule has 0 bridgehead atoms. The first-order valence-electron chi connectivity index (χ1n) is 10.8. The van der Waals surface area contributed by atoms with E-state index < -0.39 is 5.60 Å². The molecule has 1 saturated heterocycles. The molecule has 1 unspecified atom stereocenters. The van der Waals surface area contributed by atoms with E-state index in [0.29, 0.717) is 13.2 Å². The number of imidazole rings is 1. The molecule has 0 aliphatic carbocycles. The van der Waals surface area contributed by atoms with Gasteiger partial charge in [-0.05, 0) is 62.4 Å². The third-order valence-electron chi connectivity index (χ3n) is 5.77. The van der Waals surface area contributed by atoms with Crippen LogP contribution in [0, 0.1) is 0 Å². The molecule has 2 aromatic carbocycles. The minimum atomic E-state index is -0.512. The number of nitrogens with one attached hydrogen (secondary N) is 1. The number of aromatic nitrogens is 2. The van der Waals surface area contributed by atoms with Gasteiger partial charge in [-0.3, -0.25) is 4.90 Å². The van der Waals surface area contributed by atoms with E-state index in [4.69, 9.17) is 9.47 Å². The van der Waals surface area contributed by atoms with E-state index >= 15 is 0 Å². The summed E-state index contributed by atoms with van der Waals surface area (Å²) < 4.78 is 11.5. The summed E-state index contributed by atoms with van der Waals surface area (Å²) in [5.41, 5.74) is 4.97. The molecule has 1 aromatic heterocycles. The average molecular weight is 418 g/mol. The van der Waals surface area contributed by atoms with E-state index in [9.17, 15) is 4.79 Å². The maximum Gasteiger partial charge on any atom is 0.410 e. The Morgan fingerprint density at radius 3 is 2.87 bits per heavy atom. The van der Waals surface area contributed by atoms with Crippen LogP contribution in [0.3, 0.4) is 0 Å². The van der Waals surface area contributed by atoms with Crippen LogP contribution in [-0.4, -0.2) is 33.1 Å². The largest absolute Gasteiger partial charge is 0.488 e. The Morgan fingerprint density at radius 2 is 2.03 bits per heavy atom. The zero-order valence-electron chi connectivity index (χ0n) is 18.1. The van der Waals surface area contributed by atoms with Gasteiger partial charge in [-0.1, -0.05) is 30.3 Å². The molecule has 0 radical (unpaired) electrons. The maximum absolute atomic E-state index is 12.6. The van der Waals surface area contributed by atoms with Gasteiger partial charge in [0.25, 0.3) is 0 Å². The second-order valence-corrected chi connectivity index (χ2v) is 9.17. The van der Waals surface area contributed by atoms with Crippen molar-refractivity contribution in [1.29, 1.82) is 0 Å². The summed E-state index contributed by atoms with van der Waals surface area (Å²) in [5.74, 6) is 1.73. The summed E-state index contributed by atoms with van der Waals surface area (Å²) >= 11 is 0. The molecule has 5 rings (SSSR count). The molecule has 2 aliphatic rings. The van der Waals surface area contributed by atoms with Crippen LogP contribution in [0.15, 0.2) is 48.7 Å². The fourth-order valence-corrected chi connectivity index (χ4v) is 4.36. The SMILES string of the molecule is CC(C)(C)OC(=O)N1CCCC1c1ncc(-c2ccc3c(c2)COc2ccccc2-3)[nH]1. The molecule has 6 heteroatoms. The van der Waals surface area contributed by atoms with Gasteiger partial charge >= 0.3 is 6.09 Å². The Hall–Kier alpha value is -3.28. The first-order chi connectivity index (χ1) is 14.9. The van der Waals surface area contributed by atoms with Crippen LogP contribution in [0.4, 0.5) is 4.79 Å². The molecule has 31 heavy (non-hydrogen) atoms. The lowest BCUT2D eigenvalue weighted by molar-refractivity contribution is 0.0218. The van der Waals surface area contributed by atoms with Gasteiger partial charge in [-0.15, -0.1) is 0 Å². The van der Waals surface area contributed by atoms with Crippen LogP contribution >= 0.6 is 0 Å². The van der Waals surface area contributed by atoms with E-state index in [1.54, 1.807) is 4.90 Å². The number of likely N-dealkylation sites (tertiary alicyclic amines) is 1. The highest BCUT2D eigenvalue weighted by atomic mass is 16.6. The first kappa shape index (κ1) is 19.7. The van der Waals surface area contributed by atoms with Crippen LogP contribution in [0.1, 0.15) is 51.0 Å². The predicted octanol–water partition coefficient (Wildman–Crippen LogP) is 5.71. The number of benzene rings is 2. The number of amides is 1. The van der Waals surface area contributed by atoms with Crippen molar-refractivity contribution in [2.75, 3.05) is 6.54 Å². The summed E-state index contributed by atoms with van der Waals surface area (Å²) in [4.78, 5) is 22.5. The van der Waals surface area contributed by atoms with Crippen molar-refractivity contribution < 1.29 is 14.3 Å². The number of nitrogens with zero attached hydrogens (tertiary/aromatic N) is 2. The quantitative estimate of drug-likeness (QED) is 0.580. The smallest absolute Gasteiger partial charge is 0.410 e. The van der Waals surface area contributed by atoms with Crippen molar-refractivity contribution in [2.45, 2.75) is 51.9 Å². The van der Waals surface area contributed by atoms with Gasteiger partial charge in [0.15, 0.2) is 0 Å². The van der Waals surface area contributed by atoms with Gasteiger partial charge < -0.3 is 14.5 Å². The summed E-state index contributed by atoms with van der Waals surface area (Å²) in [6.45, 7) is 6.90. The average Bonchev–Trinajstić information content (AvgIpc) is 3.41. The molecular weight excluding hydrogens is 390 g/mol. The summed E-state index contributed by atoms with van der Waals surface area (Å²) in [5, 5.41) is 0. The van der Waals surface area contributed by atoms with E-state index in [1.165, 1.54) is 5.56 Å². The zero-order chi connectivity index (χ0) is 21.6. The first-order valence-corrected chi connectivity index (χ1v) is 10.8. The van der Waals surface area contributed by atoms with Crippen molar-refractivity contribution in [3.8, 4) is 28.1 Å². The molecule has 3 aromatic rings. The van der Waals surface area contributed by atoms with Crippen molar-refractivity contribution in [2.24, 2.45) is 0 Å². The summed E-state index contributed by atoms with van der Waals surface area (Å²) in [6.07, 6.45) is 3.38. The highest BCUT2D eigenvalue weighted by molar-refractivity contribution is 5.78. The monoisotopic (exact) mass is 417 g/mol. The number of aromatic amines is 1. The predicted molar refractivity (Wildman–Crippen MR) is 119 cm³/mol. The molecule has 2 aliphatic heterocycles. The molecule has 1 atom stereocenters. The molecule has 3 heterocycles. The lowest BCUT2D eigenvalue weighted by Crippen LogP contribution is -2.36. The number of ether oxygens (including phenoxy) is 2. The van der Waals surface area contributed by atoms with Gasteiger partial charge in [0.1, 0.15) is 23.8 Å². The van der Waals surface area contributed by atoms with Crippen LogP contribution in [0.25, 0.3) is 22.4 Å². The molecule has 0 saturated carbocycles. The number of carbonyl (C=O) groups excluding carboxylic acids is 1. The molecule has 1 amide bonds. The topological polar surface area (TPSA) is 67.4 Å². The van der Waals surface area contributed by atoms with Crippen molar-refractivity contribution >= 4 is 6.09 Å². The number of rotatable bonds is 2. The maximum atomic E-state index is 12.6. The zero-order valence-corrected chi connectivity index (χ0v) is 18.1. The number of H-pyrrole nitrogens is 1. The Morgan fingerprint density at radius 1 is 1.19 bits per heavy atom. The van der Waals surface area contributed by atoms with Gasteiger partial charge in [-0.2, -0.15) is 0 Å². The van der Waals surface area contributed by atoms with E-state index in [0.717, 1.165) is 46.8 Å². The lowest BCUT2D eigenvalue weighted by Gasteiger charge is -2.27. The number of fused-ring (bicyclic) bond motifs is 3. The summed E-state index contributed by atoms with van der Waals surface area (Å²) in [6, 6.07) is 14.4.